The van der Waals surface area contributed by atoms with Crippen LogP contribution >= 0.6 is 27.7 Å². The van der Waals surface area contributed by atoms with Crippen LogP contribution < -0.4 is 0 Å². The fourth-order valence-electron chi connectivity index (χ4n) is 6.40. The summed E-state index contributed by atoms with van der Waals surface area (Å²) in [6, 6.07) is 5.99. The van der Waals surface area contributed by atoms with Gasteiger partial charge in [0.2, 0.25) is 11.8 Å². The number of unbranched alkanes of at least 4 members (excludes halogenated alkanes) is 1. The molecule has 4 heterocycles. The number of carbonyl (C=O) groups excluding carboxylic acids is 3. The van der Waals surface area contributed by atoms with Crippen LogP contribution in [0.2, 0.25) is 0 Å². The molecule has 2 bridgehead atoms. The van der Waals surface area contributed by atoms with Gasteiger partial charge in [-0.1, -0.05) is 45.4 Å². The number of esters is 1. The third-order valence-corrected chi connectivity index (χ3v) is 11.4. The van der Waals surface area contributed by atoms with Crippen LogP contribution in [0.25, 0.3) is 11.0 Å². The Hall–Kier alpha value is -2.70. The van der Waals surface area contributed by atoms with E-state index in [1.54, 1.807) is 28.7 Å². The minimum atomic E-state index is -0.879. The van der Waals surface area contributed by atoms with Crippen molar-refractivity contribution in [1.29, 1.82) is 0 Å². The predicted molar refractivity (Wildman–Crippen MR) is 155 cm³/mol. The van der Waals surface area contributed by atoms with E-state index in [0.717, 1.165) is 11.9 Å². The minimum absolute atomic E-state index is 0.0703. The number of aliphatic hydroxyl groups is 1. The van der Waals surface area contributed by atoms with E-state index in [4.69, 9.17) is 4.74 Å². The summed E-state index contributed by atoms with van der Waals surface area (Å²) in [5.74, 6) is -2.37. The smallest absolute Gasteiger partial charge is 0.310 e. The van der Waals surface area contributed by atoms with Gasteiger partial charge in [-0.15, -0.1) is 30.0 Å². The van der Waals surface area contributed by atoms with Crippen molar-refractivity contribution in [3.63, 3.8) is 0 Å². The second kappa shape index (κ2) is 11.7. The van der Waals surface area contributed by atoms with E-state index < -0.39 is 34.6 Å². The van der Waals surface area contributed by atoms with Crippen molar-refractivity contribution < 1.29 is 24.2 Å². The van der Waals surface area contributed by atoms with E-state index in [-0.39, 0.29) is 48.3 Å². The lowest BCUT2D eigenvalue weighted by Crippen LogP contribution is -2.57. The monoisotopic (exact) mass is 631 g/mol. The number of ether oxygens (including phenoxy) is 1. The summed E-state index contributed by atoms with van der Waals surface area (Å²) < 4.78 is 6.44. The van der Waals surface area contributed by atoms with Gasteiger partial charge in [0.05, 0.1) is 41.4 Å². The molecule has 1 N–H and O–H groups in total. The molecule has 5 rings (SSSR count). The number of rotatable bonds is 12. The zero-order valence-electron chi connectivity index (χ0n) is 22.4. The van der Waals surface area contributed by atoms with Gasteiger partial charge in [0.1, 0.15) is 18.2 Å². The zero-order valence-corrected chi connectivity index (χ0v) is 24.8. The second-order valence-electron chi connectivity index (χ2n) is 10.6. The Morgan fingerprint density at radius 3 is 2.85 bits per heavy atom. The number of benzene rings is 1. The first-order valence-corrected chi connectivity index (χ1v) is 15.3. The molecule has 7 atom stereocenters. The van der Waals surface area contributed by atoms with Crippen molar-refractivity contribution >= 4 is 56.5 Å². The van der Waals surface area contributed by atoms with Crippen LogP contribution in [0, 0.1) is 11.8 Å². The lowest BCUT2D eigenvalue weighted by atomic mass is 9.71. The first-order valence-electron chi connectivity index (χ1n) is 13.5. The molecule has 3 saturated heterocycles. The zero-order chi connectivity index (χ0) is 28.6. The Morgan fingerprint density at radius 1 is 1.35 bits per heavy atom. The number of nitrogens with zero attached hydrogens (tertiary/aromatic N) is 5. The summed E-state index contributed by atoms with van der Waals surface area (Å²) in [4.78, 5) is 45.1. The lowest BCUT2D eigenvalue weighted by Gasteiger charge is -2.39. The molecule has 2 amide bonds. The van der Waals surface area contributed by atoms with Crippen molar-refractivity contribution in [1.82, 2.24) is 24.8 Å². The molecule has 214 valence electrons. The number of likely N-dealkylation sites (tertiary alicyclic amines) is 1. The summed E-state index contributed by atoms with van der Waals surface area (Å²) in [5, 5.41) is 18.4. The second-order valence-corrected chi connectivity index (χ2v) is 13.3. The first-order chi connectivity index (χ1) is 19.3. The molecule has 12 heteroatoms. The highest BCUT2D eigenvalue weighted by Crippen LogP contribution is 2.68. The number of halogens is 1. The van der Waals surface area contributed by atoms with Crippen LogP contribution in [-0.2, 0) is 25.8 Å². The fourth-order valence-corrected chi connectivity index (χ4v) is 9.99. The Bertz CT molecular complexity index is 1320. The van der Waals surface area contributed by atoms with Crippen molar-refractivity contribution in [3.05, 3.63) is 49.6 Å². The molecule has 3 aliphatic rings. The quantitative estimate of drug-likeness (QED) is 0.164. The standard InChI is InChI=1S/C28H34BrN5O5S/c1-4-6-9-13-39-27(38)21-22-25(36)34(17(3)15-35)24(28(22)14-18(29)23(21)40-28)26(37)32(12-5-2)16-33-20-11-8-7-10-19(20)30-31-33/h4-5,7-8,10-11,17-18,21-24,35H,1-2,6,9,12-16H2,3H3/t17-,18?,21-,22+,23-,24?,28?/m1/s1. The summed E-state index contributed by atoms with van der Waals surface area (Å²) in [7, 11) is 0. The number of carbonyl (C=O) groups is 3. The SMILES string of the molecule is C=CCCCOC(=O)[C@H]1[C@@H]2SC3(CC2Br)C(C(=O)N(CC=C)Cn2nnc4ccccc42)N([C@H](C)CO)C(=O)[C@H]13. The third kappa shape index (κ3) is 4.67. The Balaban J connectivity index is 1.50. The first kappa shape index (κ1) is 28.8. The lowest BCUT2D eigenvalue weighted by molar-refractivity contribution is -0.154. The van der Waals surface area contributed by atoms with E-state index in [2.05, 4.69) is 39.4 Å². The van der Waals surface area contributed by atoms with Gasteiger partial charge < -0.3 is 19.6 Å². The molecule has 2 aromatic rings. The van der Waals surface area contributed by atoms with Gasteiger partial charge in [0.25, 0.3) is 0 Å². The number of aliphatic hydroxyl groups excluding tert-OH is 1. The van der Waals surface area contributed by atoms with E-state index in [1.165, 1.54) is 16.7 Å². The number of hydrogen-bond donors (Lipinski definition) is 1. The highest BCUT2D eigenvalue weighted by Gasteiger charge is 2.76. The van der Waals surface area contributed by atoms with Gasteiger partial charge in [-0.3, -0.25) is 14.4 Å². The van der Waals surface area contributed by atoms with Crippen LogP contribution in [0.15, 0.2) is 49.6 Å². The van der Waals surface area contributed by atoms with E-state index >= 15 is 0 Å². The minimum Gasteiger partial charge on any atom is -0.465 e. The molecule has 3 aliphatic heterocycles. The van der Waals surface area contributed by atoms with Gasteiger partial charge >= 0.3 is 5.97 Å². The number of para-hydroxylation sites is 1. The van der Waals surface area contributed by atoms with Gasteiger partial charge in [-0.2, -0.15) is 0 Å². The average molecular weight is 633 g/mol. The maximum atomic E-state index is 14.5. The number of amides is 2. The van der Waals surface area contributed by atoms with Crippen molar-refractivity contribution in [2.24, 2.45) is 11.8 Å². The largest absolute Gasteiger partial charge is 0.465 e. The van der Waals surface area contributed by atoms with Gasteiger partial charge in [0.15, 0.2) is 0 Å². The van der Waals surface area contributed by atoms with Crippen LogP contribution in [0.3, 0.4) is 0 Å². The number of hydrogen-bond acceptors (Lipinski definition) is 8. The summed E-state index contributed by atoms with van der Waals surface area (Å²) in [6.07, 6.45) is 5.33. The van der Waals surface area contributed by atoms with Gasteiger partial charge in [0, 0.05) is 16.6 Å². The highest BCUT2D eigenvalue weighted by atomic mass is 79.9. The van der Waals surface area contributed by atoms with E-state index in [1.807, 2.05) is 24.3 Å². The highest BCUT2D eigenvalue weighted by molar-refractivity contribution is 9.09. The molecule has 3 fully saturated rings. The number of alkyl halides is 1. The maximum Gasteiger partial charge on any atom is 0.310 e. The van der Waals surface area contributed by atoms with Crippen LogP contribution in [0.4, 0.5) is 0 Å². The molecule has 0 aliphatic carbocycles. The van der Waals surface area contributed by atoms with E-state index in [0.29, 0.717) is 18.4 Å². The topological polar surface area (TPSA) is 118 Å². The van der Waals surface area contributed by atoms with Crippen molar-refractivity contribution in [3.8, 4) is 0 Å². The summed E-state index contributed by atoms with van der Waals surface area (Å²) >= 11 is 5.30. The van der Waals surface area contributed by atoms with Crippen LogP contribution in [-0.4, -0.2) is 94.4 Å². The van der Waals surface area contributed by atoms with Crippen molar-refractivity contribution in [2.75, 3.05) is 19.8 Å². The van der Waals surface area contributed by atoms with E-state index in [9.17, 15) is 19.5 Å². The third-order valence-electron chi connectivity index (χ3n) is 8.16. The van der Waals surface area contributed by atoms with Crippen LogP contribution in [0.1, 0.15) is 26.2 Å². The molecular weight excluding hydrogens is 598 g/mol. The summed E-state index contributed by atoms with van der Waals surface area (Å²) in [6.45, 7) is 9.54. The Labute approximate surface area is 245 Å². The molecule has 1 aromatic heterocycles. The predicted octanol–water partition coefficient (Wildman–Crippen LogP) is 2.76. The van der Waals surface area contributed by atoms with Gasteiger partial charge in [-0.25, -0.2) is 4.68 Å². The molecule has 3 unspecified atom stereocenters. The molecule has 40 heavy (non-hydrogen) atoms. The number of fused-ring (bicyclic) bond motifs is 2. The Kier molecular flexibility index (Phi) is 8.40. The number of thioether (sulfide) groups is 1. The number of aromatic nitrogens is 3. The Morgan fingerprint density at radius 2 is 2.12 bits per heavy atom. The normalized spacial score (nSPS) is 29.4. The average Bonchev–Trinajstić information content (AvgIpc) is 3.67. The molecule has 0 radical (unpaired) electrons. The molecule has 1 spiro atoms. The molecular formula is C28H34BrN5O5S. The summed E-state index contributed by atoms with van der Waals surface area (Å²) in [5.41, 5.74) is 1.49. The van der Waals surface area contributed by atoms with Crippen LogP contribution in [0.5, 0.6) is 0 Å². The molecule has 1 aromatic carbocycles. The van der Waals surface area contributed by atoms with Crippen molar-refractivity contribution in [2.45, 2.75) is 59.8 Å². The molecule has 10 nitrogen and oxygen atoms in total. The molecule has 0 saturated carbocycles. The number of allylic oxidation sites excluding steroid dienone is 1. The van der Waals surface area contributed by atoms with Gasteiger partial charge in [-0.05, 0) is 38.3 Å². The fraction of sp³-hybridized carbons (Fsp3) is 0.536. The maximum absolute atomic E-state index is 14.5.